The number of hydrogen-bond acceptors (Lipinski definition) is 2. The highest BCUT2D eigenvalue weighted by molar-refractivity contribution is 5.69. The Morgan fingerprint density at radius 3 is 2.71 bits per heavy atom. The molecule has 2 heteroatoms. The van der Waals surface area contributed by atoms with E-state index in [0.717, 1.165) is 0 Å². The lowest BCUT2D eigenvalue weighted by atomic mass is 9.67. The largest absolute Gasteiger partial charge is 0.466 e. The second-order valence-electron chi connectivity index (χ2n) is 4.94. The van der Waals surface area contributed by atoms with Crippen LogP contribution in [0.4, 0.5) is 0 Å². The van der Waals surface area contributed by atoms with Gasteiger partial charge in [0, 0.05) is 6.42 Å². The van der Waals surface area contributed by atoms with Crippen molar-refractivity contribution in [1.29, 1.82) is 0 Å². The van der Waals surface area contributed by atoms with Gasteiger partial charge in [0.25, 0.3) is 0 Å². The summed E-state index contributed by atoms with van der Waals surface area (Å²) in [7, 11) is 0. The van der Waals surface area contributed by atoms with Gasteiger partial charge in [0.05, 0.1) is 6.61 Å². The third-order valence-corrected chi connectivity index (χ3v) is 3.45. The molecule has 82 valence electrons. The van der Waals surface area contributed by atoms with Crippen molar-refractivity contribution < 1.29 is 9.53 Å². The van der Waals surface area contributed by atoms with Gasteiger partial charge in [-0.25, -0.2) is 0 Å². The topological polar surface area (TPSA) is 26.3 Å². The Hall–Kier alpha value is -0.530. The molecule has 1 aliphatic carbocycles. The van der Waals surface area contributed by atoms with Gasteiger partial charge < -0.3 is 4.74 Å². The zero-order valence-electron chi connectivity index (χ0n) is 9.64. The first kappa shape index (κ1) is 11.5. The molecule has 0 spiro atoms. The van der Waals surface area contributed by atoms with Crippen molar-refractivity contribution in [3.8, 4) is 0 Å². The van der Waals surface area contributed by atoms with E-state index in [1.165, 1.54) is 25.7 Å². The zero-order chi connectivity index (χ0) is 10.6. The first-order chi connectivity index (χ1) is 6.56. The summed E-state index contributed by atoms with van der Waals surface area (Å²) >= 11 is 0. The van der Waals surface area contributed by atoms with Crippen LogP contribution in [-0.2, 0) is 9.53 Å². The van der Waals surface area contributed by atoms with E-state index in [4.69, 9.17) is 4.74 Å². The molecule has 1 atom stereocenters. The molecule has 14 heavy (non-hydrogen) atoms. The molecule has 2 nitrogen and oxygen atoms in total. The molecule has 0 saturated heterocycles. The molecule has 1 saturated carbocycles. The third kappa shape index (κ3) is 3.00. The van der Waals surface area contributed by atoms with Gasteiger partial charge in [-0.2, -0.15) is 0 Å². The smallest absolute Gasteiger partial charge is 0.306 e. The van der Waals surface area contributed by atoms with E-state index in [-0.39, 0.29) is 5.97 Å². The van der Waals surface area contributed by atoms with E-state index in [9.17, 15) is 4.79 Å². The maximum Gasteiger partial charge on any atom is 0.306 e. The van der Waals surface area contributed by atoms with Crippen LogP contribution in [0.1, 0.15) is 52.9 Å². The lowest BCUT2D eigenvalue weighted by Crippen LogP contribution is -2.30. The predicted octanol–water partition coefficient (Wildman–Crippen LogP) is 3.16. The van der Waals surface area contributed by atoms with Crippen molar-refractivity contribution in [3.05, 3.63) is 0 Å². The summed E-state index contributed by atoms with van der Waals surface area (Å²) in [5.74, 6) is 0.503. The molecular weight excluding hydrogens is 176 g/mol. The molecule has 0 heterocycles. The fraction of sp³-hybridized carbons (Fsp3) is 0.917. The average Bonchev–Trinajstić information content (AvgIpc) is 2.09. The number of ether oxygens (including phenoxy) is 1. The van der Waals surface area contributed by atoms with Gasteiger partial charge in [0.15, 0.2) is 0 Å². The van der Waals surface area contributed by atoms with E-state index >= 15 is 0 Å². The van der Waals surface area contributed by atoms with Gasteiger partial charge in [0.2, 0.25) is 0 Å². The van der Waals surface area contributed by atoms with Crippen LogP contribution in [0.5, 0.6) is 0 Å². The van der Waals surface area contributed by atoms with Crippen molar-refractivity contribution in [2.75, 3.05) is 6.61 Å². The highest BCUT2D eigenvalue weighted by Crippen LogP contribution is 2.42. The second kappa shape index (κ2) is 4.81. The van der Waals surface area contributed by atoms with Gasteiger partial charge in [-0.05, 0) is 31.1 Å². The Labute approximate surface area is 87.0 Å². The molecule has 0 aromatic carbocycles. The normalized spacial score (nSPS) is 25.8. The summed E-state index contributed by atoms with van der Waals surface area (Å²) in [6, 6.07) is 0. The van der Waals surface area contributed by atoms with E-state index in [1.807, 2.05) is 6.92 Å². The van der Waals surface area contributed by atoms with E-state index in [0.29, 0.717) is 24.4 Å². The second-order valence-corrected chi connectivity index (χ2v) is 4.94. The number of rotatable bonds is 3. The Morgan fingerprint density at radius 1 is 1.43 bits per heavy atom. The van der Waals surface area contributed by atoms with Gasteiger partial charge >= 0.3 is 5.97 Å². The molecule has 1 rings (SSSR count). The van der Waals surface area contributed by atoms with Crippen LogP contribution in [0.25, 0.3) is 0 Å². The van der Waals surface area contributed by atoms with Crippen LogP contribution >= 0.6 is 0 Å². The summed E-state index contributed by atoms with van der Waals surface area (Å²) in [4.78, 5) is 11.4. The van der Waals surface area contributed by atoms with Gasteiger partial charge in [-0.1, -0.05) is 26.7 Å². The molecule has 0 aliphatic heterocycles. The van der Waals surface area contributed by atoms with Crippen LogP contribution in [0.15, 0.2) is 0 Å². The maximum atomic E-state index is 11.4. The summed E-state index contributed by atoms with van der Waals surface area (Å²) < 4.78 is 5.00. The Kier molecular flexibility index (Phi) is 3.97. The molecule has 0 radical (unpaired) electrons. The maximum absolute atomic E-state index is 11.4. The number of esters is 1. The average molecular weight is 198 g/mol. The highest BCUT2D eigenvalue weighted by atomic mass is 16.5. The zero-order valence-corrected chi connectivity index (χ0v) is 9.64. The number of carbonyl (C=O) groups is 1. The molecule has 0 amide bonds. The van der Waals surface area contributed by atoms with Crippen molar-refractivity contribution in [2.45, 2.75) is 52.9 Å². The van der Waals surface area contributed by atoms with Gasteiger partial charge in [-0.15, -0.1) is 0 Å². The van der Waals surface area contributed by atoms with E-state index < -0.39 is 0 Å². The molecule has 1 aliphatic rings. The minimum absolute atomic E-state index is 0.0209. The van der Waals surface area contributed by atoms with Crippen LogP contribution in [-0.4, -0.2) is 12.6 Å². The fourth-order valence-electron chi connectivity index (χ4n) is 2.37. The van der Waals surface area contributed by atoms with Crippen molar-refractivity contribution >= 4 is 5.97 Å². The molecule has 0 N–H and O–H groups in total. The summed E-state index contributed by atoms with van der Waals surface area (Å²) in [5.41, 5.74) is 0.324. The summed E-state index contributed by atoms with van der Waals surface area (Å²) in [5, 5.41) is 0. The predicted molar refractivity (Wildman–Crippen MR) is 57.0 cm³/mol. The number of carbonyl (C=O) groups excluding carboxylic acids is 1. The van der Waals surface area contributed by atoms with Crippen molar-refractivity contribution in [2.24, 2.45) is 11.3 Å². The van der Waals surface area contributed by atoms with E-state index in [2.05, 4.69) is 13.8 Å². The number of hydrogen-bond donors (Lipinski definition) is 0. The molecule has 1 unspecified atom stereocenters. The Morgan fingerprint density at radius 2 is 2.14 bits per heavy atom. The molecule has 0 aromatic heterocycles. The summed E-state index contributed by atoms with van der Waals surface area (Å²) in [6.07, 6.45) is 5.63. The van der Waals surface area contributed by atoms with Crippen molar-refractivity contribution in [3.63, 3.8) is 0 Å². The lowest BCUT2D eigenvalue weighted by molar-refractivity contribution is -0.145. The van der Waals surface area contributed by atoms with Crippen LogP contribution in [0.3, 0.4) is 0 Å². The molecule has 1 fully saturated rings. The van der Waals surface area contributed by atoms with Gasteiger partial charge in [0.1, 0.15) is 0 Å². The molecular formula is C12H22O2. The molecule has 0 aromatic rings. The van der Waals surface area contributed by atoms with Crippen LogP contribution in [0.2, 0.25) is 0 Å². The SMILES string of the molecule is CCOC(=O)CC1CCCCC1(C)C. The minimum atomic E-state index is -0.0209. The lowest BCUT2D eigenvalue weighted by Gasteiger charge is -2.38. The van der Waals surface area contributed by atoms with Crippen LogP contribution in [0, 0.1) is 11.3 Å². The van der Waals surface area contributed by atoms with E-state index in [1.54, 1.807) is 0 Å². The third-order valence-electron chi connectivity index (χ3n) is 3.45. The standard InChI is InChI=1S/C12H22O2/c1-4-14-11(13)9-10-7-5-6-8-12(10,2)3/h10H,4-9H2,1-3H3. The Bertz CT molecular complexity index is 196. The fourth-order valence-corrected chi connectivity index (χ4v) is 2.37. The minimum Gasteiger partial charge on any atom is -0.466 e. The first-order valence-electron chi connectivity index (χ1n) is 5.72. The van der Waals surface area contributed by atoms with Gasteiger partial charge in [-0.3, -0.25) is 4.79 Å². The van der Waals surface area contributed by atoms with Crippen LogP contribution < -0.4 is 0 Å². The first-order valence-corrected chi connectivity index (χ1v) is 5.72. The Balaban J connectivity index is 2.45. The summed E-state index contributed by atoms with van der Waals surface area (Å²) in [6.45, 7) is 6.92. The monoisotopic (exact) mass is 198 g/mol. The quantitative estimate of drug-likeness (QED) is 0.651. The molecule has 0 bridgehead atoms. The highest BCUT2D eigenvalue weighted by Gasteiger charge is 2.33. The van der Waals surface area contributed by atoms with Crippen molar-refractivity contribution in [1.82, 2.24) is 0 Å².